The first-order valence-electron chi connectivity index (χ1n) is 6.02. The number of aromatic hydroxyl groups is 1. The van der Waals surface area contributed by atoms with E-state index in [0.717, 1.165) is 10.8 Å². The number of nitrogens with one attached hydrogen (secondary N) is 1. The third kappa shape index (κ3) is 3.05. The van der Waals surface area contributed by atoms with Crippen LogP contribution in [0.3, 0.4) is 0 Å². The van der Waals surface area contributed by atoms with E-state index in [9.17, 15) is 23.1 Å². The molecule has 0 aliphatic carbocycles. The minimum absolute atomic E-state index is 0.0202. The molecule has 0 saturated heterocycles. The van der Waals surface area contributed by atoms with Crippen molar-refractivity contribution in [3.05, 3.63) is 56.2 Å². The van der Waals surface area contributed by atoms with E-state index in [0.29, 0.717) is 5.56 Å². The molecule has 0 spiro atoms. The Balaban J connectivity index is 2.42. The number of hydrogen-bond acceptors (Lipinski definition) is 5. The van der Waals surface area contributed by atoms with Gasteiger partial charge < -0.3 is 5.11 Å². The summed E-state index contributed by atoms with van der Waals surface area (Å²) in [4.78, 5) is 25.3. The second-order valence-corrected chi connectivity index (χ2v) is 6.73. The zero-order valence-corrected chi connectivity index (χ0v) is 12.3. The number of hydrogen-bond donors (Lipinski definition) is 2. The molecule has 0 saturated carbocycles. The molecule has 2 rings (SSSR count). The molecule has 0 radical (unpaired) electrons. The highest BCUT2D eigenvalue weighted by molar-refractivity contribution is 7.90. The van der Waals surface area contributed by atoms with Crippen LogP contribution in [0.4, 0.5) is 0 Å². The number of benzene rings is 1. The average Bonchev–Trinajstić information content (AvgIpc) is 2.41. The molecule has 1 aromatic carbocycles. The first-order chi connectivity index (χ1) is 9.70. The highest BCUT2D eigenvalue weighted by atomic mass is 32.2. The molecule has 0 bridgehead atoms. The maximum atomic E-state index is 11.7. The summed E-state index contributed by atoms with van der Waals surface area (Å²) in [5, 5.41) is 9.85. The lowest BCUT2D eigenvalue weighted by molar-refractivity contribution is 0.404. The molecule has 1 heterocycles. The number of sulfone groups is 1. The van der Waals surface area contributed by atoms with Crippen molar-refractivity contribution in [2.75, 3.05) is 6.26 Å². The molecule has 0 atom stereocenters. The molecule has 0 aliphatic rings. The Morgan fingerprint density at radius 3 is 2.29 bits per heavy atom. The van der Waals surface area contributed by atoms with Crippen LogP contribution in [-0.4, -0.2) is 29.3 Å². The lowest BCUT2D eigenvalue weighted by Crippen LogP contribution is -2.31. The summed E-state index contributed by atoms with van der Waals surface area (Å²) < 4.78 is 23.7. The highest BCUT2D eigenvalue weighted by Crippen LogP contribution is 2.14. The fraction of sp³-hybridized carbons (Fsp3) is 0.231. The topological polar surface area (TPSA) is 109 Å². The van der Waals surface area contributed by atoms with Gasteiger partial charge in [0.15, 0.2) is 9.84 Å². The molecular weight excluding hydrogens is 296 g/mol. The monoisotopic (exact) mass is 310 g/mol. The van der Waals surface area contributed by atoms with Crippen LogP contribution in [-0.2, 0) is 16.4 Å². The molecular formula is C13H14N2O5S. The summed E-state index contributed by atoms with van der Waals surface area (Å²) >= 11 is 0. The summed E-state index contributed by atoms with van der Waals surface area (Å²) in [6.45, 7) is 1.42. The number of H-pyrrole nitrogens is 1. The Morgan fingerprint density at radius 1 is 1.19 bits per heavy atom. The third-order valence-electron chi connectivity index (χ3n) is 3.09. The summed E-state index contributed by atoms with van der Waals surface area (Å²) in [7, 11) is -3.29. The van der Waals surface area contributed by atoms with Gasteiger partial charge in [0.2, 0.25) is 5.88 Å². The largest absolute Gasteiger partial charge is 0.494 e. The van der Waals surface area contributed by atoms with E-state index in [1.807, 2.05) is 0 Å². The first-order valence-corrected chi connectivity index (χ1v) is 7.91. The van der Waals surface area contributed by atoms with Crippen LogP contribution in [0.25, 0.3) is 0 Å². The van der Waals surface area contributed by atoms with Crippen LogP contribution in [0.5, 0.6) is 5.88 Å². The molecule has 7 nitrogen and oxygen atoms in total. The van der Waals surface area contributed by atoms with Crippen molar-refractivity contribution in [2.24, 2.45) is 0 Å². The van der Waals surface area contributed by atoms with E-state index < -0.39 is 27.0 Å². The number of aromatic amines is 1. The molecule has 0 fully saturated rings. The van der Waals surface area contributed by atoms with Gasteiger partial charge in [-0.25, -0.2) is 13.2 Å². The standard InChI is InChI=1S/C13H14N2O5S/c1-8-11(16)14-13(18)15(12(8)17)7-9-3-5-10(6-4-9)21(2,19)20/h3-6,17H,7H2,1-2H3,(H,14,16,18). The average molecular weight is 310 g/mol. The Morgan fingerprint density at radius 2 is 1.76 bits per heavy atom. The van der Waals surface area contributed by atoms with Crippen molar-refractivity contribution in [3.8, 4) is 5.88 Å². The second kappa shape index (κ2) is 5.21. The zero-order valence-electron chi connectivity index (χ0n) is 11.5. The van der Waals surface area contributed by atoms with E-state index in [4.69, 9.17) is 0 Å². The van der Waals surface area contributed by atoms with Gasteiger partial charge in [-0.05, 0) is 24.6 Å². The molecule has 2 N–H and O–H groups in total. The van der Waals surface area contributed by atoms with Gasteiger partial charge in [0.25, 0.3) is 5.56 Å². The normalized spacial score (nSPS) is 11.5. The number of nitrogens with zero attached hydrogens (tertiary/aromatic N) is 1. The maximum Gasteiger partial charge on any atom is 0.331 e. The van der Waals surface area contributed by atoms with Crippen molar-refractivity contribution >= 4 is 9.84 Å². The van der Waals surface area contributed by atoms with Gasteiger partial charge in [0, 0.05) is 6.26 Å². The highest BCUT2D eigenvalue weighted by Gasteiger charge is 2.11. The van der Waals surface area contributed by atoms with Gasteiger partial charge in [-0.1, -0.05) is 12.1 Å². The molecule has 21 heavy (non-hydrogen) atoms. The molecule has 0 aliphatic heterocycles. The summed E-state index contributed by atoms with van der Waals surface area (Å²) in [6.07, 6.45) is 1.10. The lowest BCUT2D eigenvalue weighted by Gasteiger charge is -2.09. The minimum atomic E-state index is -3.29. The first kappa shape index (κ1) is 15.0. The van der Waals surface area contributed by atoms with E-state index in [2.05, 4.69) is 4.98 Å². The molecule has 1 aromatic heterocycles. The SMILES string of the molecule is Cc1c(O)n(Cc2ccc(S(C)(=O)=O)cc2)c(=O)[nH]c1=O. The summed E-state index contributed by atoms with van der Waals surface area (Å²) in [5.41, 5.74) is -0.704. The summed E-state index contributed by atoms with van der Waals surface area (Å²) in [6, 6.07) is 5.93. The number of aromatic nitrogens is 2. The minimum Gasteiger partial charge on any atom is -0.494 e. The van der Waals surface area contributed by atoms with Crippen molar-refractivity contribution in [3.63, 3.8) is 0 Å². The van der Waals surface area contributed by atoms with E-state index in [-0.39, 0.29) is 17.0 Å². The smallest absolute Gasteiger partial charge is 0.331 e. The molecule has 0 amide bonds. The van der Waals surface area contributed by atoms with Crippen molar-refractivity contribution < 1.29 is 13.5 Å². The molecule has 2 aromatic rings. The van der Waals surface area contributed by atoms with Gasteiger partial charge in [-0.2, -0.15) is 0 Å². The number of rotatable bonds is 3. The maximum absolute atomic E-state index is 11.7. The van der Waals surface area contributed by atoms with E-state index in [1.165, 1.54) is 19.1 Å². The molecule has 8 heteroatoms. The Kier molecular flexibility index (Phi) is 3.73. The predicted octanol–water partition coefficient (Wildman–Crippen LogP) is 0.00242. The Labute approximate surface area is 120 Å². The third-order valence-corrected chi connectivity index (χ3v) is 4.22. The molecule has 0 unspecified atom stereocenters. The Hall–Kier alpha value is -2.35. The van der Waals surface area contributed by atoms with Gasteiger partial charge in [0.05, 0.1) is 17.0 Å². The van der Waals surface area contributed by atoms with Crippen LogP contribution >= 0.6 is 0 Å². The van der Waals surface area contributed by atoms with Gasteiger partial charge in [0.1, 0.15) is 0 Å². The van der Waals surface area contributed by atoms with Crippen LogP contribution < -0.4 is 11.2 Å². The van der Waals surface area contributed by atoms with Crippen molar-refractivity contribution in [1.29, 1.82) is 0 Å². The van der Waals surface area contributed by atoms with Gasteiger partial charge in [-0.15, -0.1) is 0 Å². The van der Waals surface area contributed by atoms with Crippen molar-refractivity contribution in [1.82, 2.24) is 9.55 Å². The zero-order chi connectivity index (χ0) is 15.8. The van der Waals surface area contributed by atoms with Crippen molar-refractivity contribution in [2.45, 2.75) is 18.4 Å². The lowest BCUT2D eigenvalue weighted by atomic mass is 10.2. The van der Waals surface area contributed by atoms with E-state index in [1.54, 1.807) is 12.1 Å². The second-order valence-electron chi connectivity index (χ2n) is 4.71. The summed E-state index contributed by atoms with van der Waals surface area (Å²) in [5.74, 6) is -0.407. The quantitative estimate of drug-likeness (QED) is 0.829. The molecule has 112 valence electrons. The fourth-order valence-corrected chi connectivity index (χ4v) is 2.46. The fourth-order valence-electron chi connectivity index (χ4n) is 1.83. The van der Waals surface area contributed by atoms with Crippen LogP contribution in [0.1, 0.15) is 11.1 Å². The van der Waals surface area contributed by atoms with E-state index >= 15 is 0 Å². The van der Waals surface area contributed by atoms with Gasteiger partial charge >= 0.3 is 5.69 Å². The van der Waals surface area contributed by atoms with Crippen LogP contribution in [0.15, 0.2) is 38.8 Å². The van der Waals surface area contributed by atoms with Gasteiger partial charge in [-0.3, -0.25) is 14.3 Å². The van der Waals surface area contributed by atoms with Crippen LogP contribution in [0, 0.1) is 6.92 Å². The Bertz CT molecular complexity index is 892. The predicted molar refractivity (Wildman–Crippen MR) is 76.4 cm³/mol. The van der Waals surface area contributed by atoms with Crippen LogP contribution in [0.2, 0.25) is 0 Å².